The number of amides is 2. The molecule has 1 aromatic rings. The molecule has 0 radical (unpaired) electrons. The Labute approximate surface area is 143 Å². The van der Waals surface area contributed by atoms with Gasteiger partial charge in [-0.2, -0.15) is 0 Å². The number of hydrogen-bond acceptors (Lipinski definition) is 5. The van der Waals surface area contributed by atoms with Crippen molar-refractivity contribution < 1.29 is 14.3 Å². The van der Waals surface area contributed by atoms with Crippen molar-refractivity contribution >= 4 is 11.8 Å². The molecule has 0 bridgehead atoms. The minimum Gasteiger partial charge on any atom is -0.379 e. The molecule has 0 aliphatic carbocycles. The Morgan fingerprint density at radius 3 is 2.75 bits per heavy atom. The molecule has 7 heteroatoms. The summed E-state index contributed by atoms with van der Waals surface area (Å²) in [4.78, 5) is 31.9. The first-order chi connectivity index (χ1) is 11.6. The first-order valence-electron chi connectivity index (χ1n) is 8.37. The van der Waals surface area contributed by atoms with E-state index in [4.69, 9.17) is 4.74 Å². The summed E-state index contributed by atoms with van der Waals surface area (Å²) in [6.45, 7) is 7.15. The summed E-state index contributed by atoms with van der Waals surface area (Å²) >= 11 is 0. The van der Waals surface area contributed by atoms with Crippen LogP contribution < -0.4 is 5.32 Å². The van der Waals surface area contributed by atoms with Crippen molar-refractivity contribution in [1.29, 1.82) is 0 Å². The van der Waals surface area contributed by atoms with Crippen molar-refractivity contribution in [2.24, 2.45) is 0 Å². The largest absolute Gasteiger partial charge is 0.379 e. The molecular weight excluding hydrogens is 308 g/mol. The zero-order valence-electron chi connectivity index (χ0n) is 14.2. The van der Waals surface area contributed by atoms with Crippen molar-refractivity contribution in [2.45, 2.75) is 19.9 Å². The topological polar surface area (TPSA) is 74.8 Å². The lowest BCUT2D eigenvalue weighted by Crippen LogP contribution is -2.43. The first-order valence-corrected chi connectivity index (χ1v) is 8.37. The maximum absolute atomic E-state index is 11.9. The number of aromatic nitrogens is 1. The fourth-order valence-corrected chi connectivity index (χ4v) is 2.53. The number of rotatable bonds is 8. The number of pyridine rings is 1. The van der Waals surface area contributed by atoms with Crippen molar-refractivity contribution in [2.75, 3.05) is 45.9 Å². The molecule has 2 rings (SSSR count). The van der Waals surface area contributed by atoms with E-state index in [1.165, 1.54) is 0 Å². The molecule has 0 atom stereocenters. The van der Waals surface area contributed by atoms with Gasteiger partial charge in [-0.1, -0.05) is 6.07 Å². The van der Waals surface area contributed by atoms with E-state index < -0.39 is 0 Å². The fourth-order valence-electron chi connectivity index (χ4n) is 2.53. The van der Waals surface area contributed by atoms with Crippen LogP contribution in [0.4, 0.5) is 0 Å². The van der Waals surface area contributed by atoms with Gasteiger partial charge < -0.3 is 15.0 Å². The Morgan fingerprint density at radius 1 is 1.29 bits per heavy atom. The lowest BCUT2D eigenvalue weighted by molar-refractivity contribution is -0.130. The van der Waals surface area contributed by atoms with E-state index in [-0.39, 0.29) is 11.8 Å². The van der Waals surface area contributed by atoms with Crippen LogP contribution in [0.1, 0.15) is 19.0 Å². The summed E-state index contributed by atoms with van der Waals surface area (Å²) in [7, 11) is 0. The van der Waals surface area contributed by atoms with Crippen LogP contribution in [-0.2, 0) is 20.9 Å². The van der Waals surface area contributed by atoms with Crippen molar-refractivity contribution in [3.8, 4) is 0 Å². The lowest BCUT2D eigenvalue weighted by Gasteiger charge is -2.29. The molecule has 2 heterocycles. The predicted octanol–water partition coefficient (Wildman–Crippen LogP) is 0.269. The molecule has 24 heavy (non-hydrogen) atoms. The minimum absolute atomic E-state index is 0.000727. The summed E-state index contributed by atoms with van der Waals surface area (Å²) < 4.78 is 5.32. The van der Waals surface area contributed by atoms with E-state index in [9.17, 15) is 9.59 Å². The van der Waals surface area contributed by atoms with Gasteiger partial charge in [-0.05, 0) is 12.1 Å². The quantitative estimate of drug-likeness (QED) is 0.739. The van der Waals surface area contributed by atoms with Crippen molar-refractivity contribution in [3.05, 3.63) is 30.1 Å². The molecule has 1 aromatic heterocycles. The lowest BCUT2D eigenvalue weighted by atomic mass is 10.3. The van der Waals surface area contributed by atoms with Gasteiger partial charge in [-0.3, -0.25) is 19.5 Å². The van der Waals surface area contributed by atoms with Crippen LogP contribution in [-0.4, -0.2) is 72.5 Å². The number of nitrogens with zero attached hydrogens (tertiary/aromatic N) is 3. The van der Waals surface area contributed by atoms with Crippen LogP contribution in [0.25, 0.3) is 0 Å². The highest BCUT2D eigenvalue weighted by Crippen LogP contribution is 2.00. The van der Waals surface area contributed by atoms with Gasteiger partial charge in [0.1, 0.15) is 0 Å². The van der Waals surface area contributed by atoms with Gasteiger partial charge in [-0.25, -0.2) is 0 Å². The van der Waals surface area contributed by atoms with Crippen LogP contribution in [0, 0.1) is 0 Å². The highest BCUT2D eigenvalue weighted by molar-refractivity contribution is 5.77. The molecule has 2 amide bonds. The van der Waals surface area contributed by atoms with E-state index in [2.05, 4.69) is 15.2 Å². The summed E-state index contributed by atoms with van der Waals surface area (Å²) in [6, 6.07) is 5.59. The van der Waals surface area contributed by atoms with Gasteiger partial charge in [0.05, 0.1) is 25.5 Å². The highest BCUT2D eigenvalue weighted by atomic mass is 16.5. The smallest absolute Gasteiger partial charge is 0.222 e. The molecule has 0 aromatic carbocycles. The first kappa shape index (κ1) is 18.4. The van der Waals surface area contributed by atoms with E-state index in [1.807, 2.05) is 18.2 Å². The average Bonchev–Trinajstić information content (AvgIpc) is 2.61. The molecule has 0 unspecified atom stereocenters. The van der Waals surface area contributed by atoms with Crippen molar-refractivity contribution in [1.82, 2.24) is 20.1 Å². The molecule has 1 aliphatic heterocycles. The van der Waals surface area contributed by atoms with Crippen LogP contribution in [0.3, 0.4) is 0 Å². The third-order valence-electron chi connectivity index (χ3n) is 4.04. The zero-order chi connectivity index (χ0) is 17.2. The average molecular weight is 334 g/mol. The molecular formula is C17H26N4O3. The zero-order valence-corrected chi connectivity index (χ0v) is 14.2. The predicted molar refractivity (Wildman–Crippen MR) is 90.2 cm³/mol. The summed E-state index contributed by atoms with van der Waals surface area (Å²) in [5.74, 6) is -0.0703. The number of carbonyl (C=O) groups excluding carboxylic acids is 2. The number of morpholine rings is 1. The molecule has 0 spiro atoms. The van der Waals surface area contributed by atoms with E-state index in [1.54, 1.807) is 18.0 Å². The van der Waals surface area contributed by atoms with Gasteiger partial charge in [0, 0.05) is 52.3 Å². The molecule has 7 nitrogen and oxygen atoms in total. The Balaban J connectivity index is 1.68. The van der Waals surface area contributed by atoms with Crippen LogP contribution in [0.15, 0.2) is 24.4 Å². The van der Waals surface area contributed by atoms with Gasteiger partial charge in [0.15, 0.2) is 0 Å². The number of nitrogens with one attached hydrogen (secondary N) is 1. The molecule has 0 saturated carbocycles. The summed E-state index contributed by atoms with van der Waals surface area (Å²) in [6.07, 6.45) is 2.00. The Morgan fingerprint density at radius 2 is 2.08 bits per heavy atom. The maximum Gasteiger partial charge on any atom is 0.222 e. The van der Waals surface area contributed by atoms with Gasteiger partial charge >= 0.3 is 0 Å². The number of ether oxygens (including phenoxy) is 1. The van der Waals surface area contributed by atoms with Crippen LogP contribution in [0.5, 0.6) is 0 Å². The van der Waals surface area contributed by atoms with E-state index in [0.29, 0.717) is 26.1 Å². The van der Waals surface area contributed by atoms with Crippen LogP contribution in [0.2, 0.25) is 0 Å². The second-order valence-electron chi connectivity index (χ2n) is 5.81. The number of hydrogen-bond donors (Lipinski definition) is 1. The Bertz CT molecular complexity index is 518. The maximum atomic E-state index is 11.9. The summed E-state index contributed by atoms with van der Waals surface area (Å²) in [5.41, 5.74) is 0.821. The van der Waals surface area contributed by atoms with E-state index >= 15 is 0 Å². The van der Waals surface area contributed by atoms with Gasteiger partial charge in [-0.15, -0.1) is 0 Å². The highest BCUT2D eigenvalue weighted by Gasteiger charge is 2.15. The normalized spacial score (nSPS) is 15.0. The van der Waals surface area contributed by atoms with Gasteiger partial charge in [0.25, 0.3) is 0 Å². The van der Waals surface area contributed by atoms with Crippen LogP contribution >= 0.6 is 0 Å². The van der Waals surface area contributed by atoms with Gasteiger partial charge in [0.2, 0.25) is 11.8 Å². The monoisotopic (exact) mass is 334 g/mol. The fraction of sp³-hybridized carbons (Fsp3) is 0.588. The standard InChI is InChI=1S/C17H26N4O3/c1-15(22)21(9-8-20-10-12-24-13-11-20)7-5-17(23)19-14-16-4-2-3-6-18-16/h2-4,6H,5,7-14H2,1H3,(H,19,23). The molecule has 1 fully saturated rings. The minimum atomic E-state index is -0.0710. The molecule has 132 valence electrons. The third kappa shape index (κ3) is 6.64. The molecule has 1 N–H and O–H groups in total. The van der Waals surface area contributed by atoms with E-state index in [0.717, 1.165) is 38.5 Å². The Hall–Kier alpha value is -1.99. The second kappa shape index (κ2) is 10.00. The van der Waals surface area contributed by atoms with Crippen molar-refractivity contribution in [3.63, 3.8) is 0 Å². The summed E-state index contributed by atoms with van der Waals surface area (Å²) in [5, 5.41) is 2.83. The molecule has 1 saturated heterocycles. The molecule has 1 aliphatic rings. The number of carbonyl (C=O) groups is 2. The third-order valence-corrected chi connectivity index (χ3v) is 4.04. The SMILES string of the molecule is CC(=O)N(CCC(=O)NCc1ccccn1)CCN1CCOCC1. The Kier molecular flexibility index (Phi) is 7.64. The second-order valence-corrected chi connectivity index (χ2v) is 5.81.